The molecule has 1 unspecified atom stereocenters. The van der Waals surface area contributed by atoms with Gasteiger partial charge in [-0.05, 0) is 39.3 Å². The molecule has 0 saturated heterocycles. The molecule has 2 heterocycles. The van der Waals surface area contributed by atoms with Crippen LogP contribution < -0.4 is 5.32 Å². The molecule has 0 radical (unpaired) electrons. The minimum absolute atomic E-state index is 0.395. The highest BCUT2D eigenvalue weighted by molar-refractivity contribution is 5.11. The molecule has 0 aliphatic rings. The average Bonchev–Trinajstić information content (AvgIpc) is 3.10. The molecule has 2 aromatic heterocycles. The van der Waals surface area contributed by atoms with E-state index in [1.165, 1.54) is 5.56 Å². The molecule has 5 heteroatoms. The van der Waals surface area contributed by atoms with Gasteiger partial charge in [0, 0.05) is 30.0 Å². The van der Waals surface area contributed by atoms with Crippen LogP contribution in [0.4, 0.5) is 0 Å². The standard InChI is InChI=1S/C16H27N5/c1-5-8-17-16(6-2)14-10-18-20(11-14)12-15-7-9-21(19-15)13(3)4/h7,9-11,13,16-17H,5-6,8,12H2,1-4H3. The number of hydrogen-bond acceptors (Lipinski definition) is 3. The summed E-state index contributed by atoms with van der Waals surface area (Å²) in [4.78, 5) is 0. The summed E-state index contributed by atoms with van der Waals surface area (Å²) in [5.41, 5.74) is 2.31. The van der Waals surface area contributed by atoms with Gasteiger partial charge in [0.15, 0.2) is 0 Å². The molecule has 5 nitrogen and oxygen atoms in total. The zero-order chi connectivity index (χ0) is 15.2. The molecule has 0 spiro atoms. The van der Waals surface area contributed by atoms with Crippen molar-refractivity contribution in [3.8, 4) is 0 Å². The first-order chi connectivity index (χ1) is 10.1. The molecule has 116 valence electrons. The van der Waals surface area contributed by atoms with Crippen LogP contribution in [0.2, 0.25) is 0 Å². The van der Waals surface area contributed by atoms with Gasteiger partial charge >= 0.3 is 0 Å². The fraction of sp³-hybridized carbons (Fsp3) is 0.625. The predicted octanol–water partition coefficient (Wildman–Crippen LogP) is 3.16. The Bertz CT molecular complexity index is 540. The van der Waals surface area contributed by atoms with E-state index in [9.17, 15) is 0 Å². The van der Waals surface area contributed by atoms with Crippen molar-refractivity contribution in [3.05, 3.63) is 35.9 Å². The summed E-state index contributed by atoms with van der Waals surface area (Å²) in [5, 5.41) is 12.6. The van der Waals surface area contributed by atoms with E-state index in [0.717, 1.165) is 31.6 Å². The Morgan fingerprint density at radius 2 is 2.10 bits per heavy atom. The second kappa shape index (κ2) is 7.41. The third-order valence-corrected chi connectivity index (χ3v) is 3.62. The van der Waals surface area contributed by atoms with E-state index in [1.807, 2.05) is 21.8 Å². The lowest BCUT2D eigenvalue weighted by molar-refractivity contribution is 0.515. The van der Waals surface area contributed by atoms with Crippen LogP contribution in [0.25, 0.3) is 0 Å². The average molecular weight is 289 g/mol. The highest BCUT2D eigenvalue weighted by atomic mass is 15.3. The topological polar surface area (TPSA) is 47.7 Å². The van der Waals surface area contributed by atoms with E-state index in [4.69, 9.17) is 0 Å². The third kappa shape index (κ3) is 4.17. The summed E-state index contributed by atoms with van der Waals surface area (Å²) in [6.45, 7) is 10.4. The lowest BCUT2D eigenvalue weighted by Gasteiger charge is -2.14. The van der Waals surface area contributed by atoms with E-state index in [0.29, 0.717) is 12.1 Å². The van der Waals surface area contributed by atoms with E-state index in [-0.39, 0.29) is 0 Å². The smallest absolute Gasteiger partial charge is 0.0849 e. The van der Waals surface area contributed by atoms with Crippen molar-refractivity contribution in [2.24, 2.45) is 0 Å². The van der Waals surface area contributed by atoms with Crippen molar-refractivity contribution in [2.45, 2.75) is 59.2 Å². The third-order valence-electron chi connectivity index (χ3n) is 3.62. The zero-order valence-corrected chi connectivity index (χ0v) is 13.6. The Labute approximate surface area is 127 Å². The summed E-state index contributed by atoms with van der Waals surface area (Å²) >= 11 is 0. The molecule has 0 amide bonds. The maximum Gasteiger partial charge on any atom is 0.0849 e. The lowest BCUT2D eigenvalue weighted by atomic mass is 10.1. The molecule has 0 saturated carbocycles. The maximum absolute atomic E-state index is 4.57. The van der Waals surface area contributed by atoms with Crippen molar-refractivity contribution >= 4 is 0 Å². The van der Waals surface area contributed by atoms with Gasteiger partial charge in [-0.15, -0.1) is 0 Å². The Hall–Kier alpha value is -1.62. The van der Waals surface area contributed by atoms with Crippen molar-refractivity contribution in [2.75, 3.05) is 6.54 Å². The number of nitrogens with zero attached hydrogens (tertiary/aromatic N) is 4. The number of aromatic nitrogens is 4. The molecule has 1 N–H and O–H groups in total. The summed E-state index contributed by atoms with van der Waals surface area (Å²) in [5.74, 6) is 0. The molecule has 0 aliphatic carbocycles. The van der Waals surface area contributed by atoms with Crippen LogP contribution in [0.5, 0.6) is 0 Å². The van der Waals surface area contributed by atoms with Gasteiger partial charge in [-0.3, -0.25) is 9.36 Å². The molecule has 2 rings (SSSR count). The van der Waals surface area contributed by atoms with Crippen LogP contribution in [0.3, 0.4) is 0 Å². The molecule has 0 aromatic carbocycles. The van der Waals surface area contributed by atoms with Gasteiger partial charge in [0.25, 0.3) is 0 Å². The van der Waals surface area contributed by atoms with Crippen LogP contribution in [0.1, 0.15) is 63.9 Å². The summed E-state index contributed by atoms with van der Waals surface area (Å²) in [6, 6.07) is 2.86. The van der Waals surface area contributed by atoms with Gasteiger partial charge < -0.3 is 5.32 Å². The van der Waals surface area contributed by atoms with Crippen molar-refractivity contribution in [1.82, 2.24) is 24.9 Å². The van der Waals surface area contributed by atoms with Gasteiger partial charge in [-0.1, -0.05) is 13.8 Å². The van der Waals surface area contributed by atoms with Gasteiger partial charge in [-0.25, -0.2) is 0 Å². The van der Waals surface area contributed by atoms with E-state index in [2.05, 4.69) is 55.5 Å². The van der Waals surface area contributed by atoms with Crippen molar-refractivity contribution in [1.29, 1.82) is 0 Å². The first-order valence-electron chi connectivity index (χ1n) is 7.93. The SMILES string of the molecule is CCCNC(CC)c1cnn(Cc2ccn(C(C)C)n2)c1. The normalized spacial score (nSPS) is 13.0. The van der Waals surface area contributed by atoms with Crippen molar-refractivity contribution in [3.63, 3.8) is 0 Å². The molecule has 0 bridgehead atoms. The van der Waals surface area contributed by atoms with Crippen molar-refractivity contribution < 1.29 is 0 Å². The molecular weight excluding hydrogens is 262 g/mol. The molecule has 1 atom stereocenters. The minimum atomic E-state index is 0.395. The van der Waals surface area contributed by atoms with Gasteiger partial charge in [0.2, 0.25) is 0 Å². The first-order valence-corrected chi connectivity index (χ1v) is 7.93. The fourth-order valence-corrected chi connectivity index (χ4v) is 2.38. The first kappa shape index (κ1) is 15.8. The van der Waals surface area contributed by atoms with Gasteiger partial charge in [-0.2, -0.15) is 10.2 Å². The van der Waals surface area contributed by atoms with Crippen LogP contribution >= 0.6 is 0 Å². The maximum atomic E-state index is 4.57. The largest absolute Gasteiger partial charge is 0.310 e. The number of rotatable bonds is 8. The molecule has 21 heavy (non-hydrogen) atoms. The van der Waals surface area contributed by atoms with Gasteiger partial charge in [0.1, 0.15) is 0 Å². The summed E-state index contributed by atoms with van der Waals surface area (Å²) in [7, 11) is 0. The fourth-order valence-electron chi connectivity index (χ4n) is 2.38. The Balaban J connectivity index is 2.01. The number of hydrogen-bond donors (Lipinski definition) is 1. The number of nitrogens with one attached hydrogen (secondary N) is 1. The minimum Gasteiger partial charge on any atom is -0.310 e. The molecule has 0 aliphatic heterocycles. The second-order valence-electron chi connectivity index (χ2n) is 5.77. The Morgan fingerprint density at radius 3 is 2.71 bits per heavy atom. The van der Waals surface area contributed by atoms with E-state index >= 15 is 0 Å². The molecular formula is C16H27N5. The van der Waals surface area contributed by atoms with Gasteiger partial charge in [0.05, 0.1) is 18.4 Å². The van der Waals surface area contributed by atoms with E-state index < -0.39 is 0 Å². The molecule has 2 aromatic rings. The second-order valence-corrected chi connectivity index (χ2v) is 5.77. The summed E-state index contributed by atoms with van der Waals surface area (Å²) < 4.78 is 3.95. The Kier molecular flexibility index (Phi) is 5.56. The highest BCUT2D eigenvalue weighted by Crippen LogP contribution is 2.16. The lowest BCUT2D eigenvalue weighted by Crippen LogP contribution is -2.21. The van der Waals surface area contributed by atoms with Crippen LogP contribution in [-0.4, -0.2) is 26.1 Å². The van der Waals surface area contributed by atoms with Crippen LogP contribution in [0.15, 0.2) is 24.7 Å². The Morgan fingerprint density at radius 1 is 1.29 bits per heavy atom. The monoisotopic (exact) mass is 289 g/mol. The van der Waals surface area contributed by atoms with Crippen LogP contribution in [0, 0.1) is 0 Å². The van der Waals surface area contributed by atoms with E-state index in [1.54, 1.807) is 0 Å². The predicted molar refractivity (Wildman–Crippen MR) is 85.3 cm³/mol. The highest BCUT2D eigenvalue weighted by Gasteiger charge is 2.11. The zero-order valence-electron chi connectivity index (χ0n) is 13.6. The molecule has 0 fully saturated rings. The summed E-state index contributed by atoms with van der Waals surface area (Å²) in [6.07, 6.45) is 8.36. The quantitative estimate of drug-likeness (QED) is 0.812. The van der Waals surface area contributed by atoms with Crippen LogP contribution in [-0.2, 0) is 6.54 Å².